The molecule has 208 valence electrons. The lowest BCUT2D eigenvalue weighted by atomic mass is 10.1. The van der Waals surface area contributed by atoms with Gasteiger partial charge in [-0.05, 0) is 92.9 Å². The number of amides is 2. The number of methoxy groups -OCH3 is 1. The molecule has 3 aromatic rings. The third-order valence-corrected chi connectivity index (χ3v) is 8.50. The molecule has 3 rings (SSSR count). The first-order valence-corrected chi connectivity index (χ1v) is 14.4. The Morgan fingerprint density at radius 3 is 2.31 bits per heavy atom. The Balaban J connectivity index is 2.06. The standard InChI is InChI=1S/C29H34ClN3O5S/c1-6-31-29(35)22(4)32(18-23-8-7-9-26(17-23)38-5)28(34)19-33(25-13-10-20(2)21(3)16-25)39(36,37)27-14-11-24(30)12-15-27/h7-17,22H,6,18-19H2,1-5H3,(H,31,35)/t22-/m0/s1. The highest BCUT2D eigenvalue weighted by Crippen LogP contribution is 2.27. The van der Waals surface area contributed by atoms with Crippen molar-refractivity contribution < 1.29 is 22.7 Å². The molecule has 1 N–H and O–H groups in total. The largest absolute Gasteiger partial charge is 0.497 e. The van der Waals surface area contributed by atoms with Crippen LogP contribution in [0.25, 0.3) is 0 Å². The molecule has 1 atom stereocenters. The molecule has 8 nitrogen and oxygen atoms in total. The van der Waals surface area contributed by atoms with Gasteiger partial charge >= 0.3 is 0 Å². The number of nitrogens with zero attached hydrogens (tertiary/aromatic N) is 2. The van der Waals surface area contributed by atoms with Gasteiger partial charge in [0.25, 0.3) is 10.0 Å². The van der Waals surface area contributed by atoms with Crippen LogP contribution < -0.4 is 14.4 Å². The fourth-order valence-electron chi connectivity index (χ4n) is 4.02. The zero-order valence-corrected chi connectivity index (χ0v) is 24.3. The molecule has 10 heteroatoms. The number of likely N-dealkylation sites (N-methyl/N-ethyl adjacent to an activating group) is 1. The Hall–Kier alpha value is -3.56. The monoisotopic (exact) mass is 571 g/mol. The van der Waals surface area contributed by atoms with Crippen molar-refractivity contribution in [3.8, 4) is 5.75 Å². The summed E-state index contributed by atoms with van der Waals surface area (Å²) in [6.07, 6.45) is 0. The second kappa shape index (κ2) is 13.0. The summed E-state index contributed by atoms with van der Waals surface area (Å²) in [6.45, 7) is 7.17. The van der Waals surface area contributed by atoms with Crippen LogP contribution in [0.1, 0.15) is 30.5 Å². The summed E-state index contributed by atoms with van der Waals surface area (Å²) < 4.78 is 34.1. The van der Waals surface area contributed by atoms with Crippen LogP contribution >= 0.6 is 11.6 Å². The van der Waals surface area contributed by atoms with Crippen LogP contribution in [0.4, 0.5) is 5.69 Å². The number of anilines is 1. The van der Waals surface area contributed by atoms with Crippen molar-refractivity contribution in [2.24, 2.45) is 0 Å². The van der Waals surface area contributed by atoms with E-state index in [4.69, 9.17) is 16.3 Å². The normalized spacial score (nSPS) is 11.9. The van der Waals surface area contributed by atoms with E-state index in [1.807, 2.05) is 26.0 Å². The highest BCUT2D eigenvalue weighted by atomic mass is 35.5. The number of aryl methyl sites for hydroxylation is 2. The van der Waals surface area contributed by atoms with Crippen LogP contribution in [0.15, 0.2) is 71.6 Å². The van der Waals surface area contributed by atoms with Gasteiger partial charge in [0.2, 0.25) is 11.8 Å². The van der Waals surface area contributed by atoms with Gasteiger partial charge in [0.15, 0.2) is 0 Å². The van der Waals surface area contributed by atoms with E-state index in [0.29, 0.717) is 23.0 Å². The first-order valence-electron chi connectivity index (χ1n) is 12.5. The summed E-state index contributed by atoms with van der Waals surface area (Å²) in [5, 5.41) is 3.14. The minimum absolute atomic E-state index is 0.00551. The van der Waals surface area contributed by atoms with E-state index in [-0.39, 0.29) is 17.3 Å². The highest BCUT2D eigenvalue weighted by Gasteiger charge is 2.32. The first-order chi connectivity index (χ1) is 18.5. The van der Waals surface area contributed by atoms with Crippen LogP contribution in [0.2, 0.25) is 5.02 Å². The number of carbonyl (C=O) groups is 2. The van der Waals surface area contributed by atoms with Crippen molar-refractivity contribution in [2.75, 3.05) is 24.5 Å². The van der Waals surface area contributed by atoms with E-state index in [1.54, 1.807) is 51.3 Å². The molecule has 0 spiro atoms. The molecule has 0 heterocycles. The average molecular weight is 572 g/mol. The molecule has 3 aromatic carbocycles. The maximum Gasteiger partial charge on any atom is 0.264 e. The molecule has 0 aliphatic heterocycles. The van der Waals surface area contributed by atoms with E-state index in [9.17, 15) is 18.0 Å². The third kappa shape index (κ3) is 7.30. The van der Waals surface area contributed by atoms with Gasteiger partial charge in [-0.1, -0.05) is 29.8 Å². The van der Waals surface area contributed by atoms with Crippen molar-refractivity contribution in [3.63, 3.8) is 0 Å². The predicted molar refractivity (Wildman–Crippen MR) is 154 cm³/mol. The van der Waals surface area contributed by atoms with Crippen LogP contribution in [0.3, 0.4) is 0 Å². The Bertz CT molecular complexity index is 1430. The lowest BCUT2D eigenvalue weighted by Gasteiger charge is -2.32. The molecule has 0 saturated carbocycles. The van der Waals surface area contributed by atoms with Crippen molar-refractivity contribution in [3.05, 3.63) is 88.4 Å². The number of nitrogens with one attached hydrogen (secondary N) is 1. The number of carbonyl (C=O) groups excluding carboxylic acids is 2. The van der Waals surface area contributed by atoms with Crippen LogP contribution in [0, 0.1) is 13.8 Å². The number of hydrogen-bond donors (Lipinski definition) is 1. The fourth-order valence-corrected chi connectivity index (χ4v) is 5.55. The Kier molecular flexibility index (Phi) is 9.99. The quantitative estimate of drug-likeness (QED) is 0.359. The van der Waals surface area contributed by atoms with Gasteiger partial charge in [-0.15, -0.1) is 0 Å². The van der Waals surface area contributed by atoms with Gasteiger partial charge in [0, 0.05) is 18.1 Å². The molecule has 0 unspecified atom stereocenters. The topological polar surface area (TPSA) is 96.0 Å². The minimum Gasteiger partial charge on any atom is -0.497 e. The molecular formula is C29H34ClN3O5S. The second-order valence-corrected chi connectivity index (χ2v) is 11.5. The molecule has 39 heavy (non-hydrogen) atoms. The third-order valence-electron chi connectivity index (χ3n) is 6.46. The van der Waals surface area contributed by atoms with E-state index < -0.39 is 28.5 Å². The van der Waals surface area contributed by atoms with E-state index >= 15 is 0 Å². The smallest absolute Gasteiger partial charge is 0.264 e. The van der Waals surface area contributed by atoms with E-state index in [0.717, 1.165) is 21.0 Å². The van der Waals surface area contributed by atoms with Crippen molar-refractivity contribution in [2.45, 2.75) is 45.2 Å². The number of benzene rings is 3. The minimum atomic E-state index is -4.16. The second-order valence-electron chi connectivity index (χ2n) is 9.18. The molecule has 0 aliphatic carbocycles. The number of sulfonamides is 1. The number of ether oxygens (including phenoxy) is 1. The van der Waals surface area contributed by atoms with Crippen LogP contribution in [0.5, 0.6) is 5.75 Å². The number of halogens is 1. The molecular weight excluding hydrogens is 538 g/mol. The molecule has 0 aromatic heterocycles. The molecule has 2 amide bonds. The average Bonchev–Trinajstić information content (AvgIpc) is 2.92. The van der Waals surface area contributed by atoms with Gasteiger partial charge in [-0.3, -0.25) is 13.9 Å². The predicted octanol–water partition coefficient (Wildman–Crippen LogP) is 4.71. The Morgan fingerprint density at radius 1 is 1.00 bits per heavy atom. The Labute approximate surface area is 235 Å². The molecule has 0 bridgehead atoms. The van der Waals surface area contributed by atoms with E-state index in [2.05, 4.69) is 5.32 Å². The van der Waals surface area contributed by atoms with E-state index in [1.165, 1.54) is 29.2 Å². The summed E-state index contributed by atoms with van der Waals surface area (Å²) in [4.78, 5) is 28.1. The van der Waals surface area contributed by atoms with Crippen LogP contribution in [-0.2, 0) is 26.2 Å². The zero-order chi connectivity index (χ0) is 28.7. The maximum atomic E-state index is 13.9. The highest BCUT2D eigenvalue weighted by molar-refractivity contribution is 7.92. The number of hydrogen-bond acceptors (Lipinski definition) is 5. The molecule has 0 aliphatic rings. The SMILES string of the molecule is CCNC(=O)[C@H](C)N(Cc1cccc(OC)c1)C(=O)CN(c1ccc(C)c(C)c1)S(=O)(=O)c1ccc(Cl)cc1. The number of rotatable bonds is 11. The zero-order valence-electron chi connectivity index (χ0n) is 22.8. The first kappa shape index (κ1) is 30.0. The summed E-state index contributed by atoms with van der Waals surface area (Å²) in [5.41, 5.74) is 2.93. The Morgan fingerprint density at radius 2 is 1.69 bits per heavy atom. The summed E-state index contributed by atoms with van der Waals surface area (Å²) >= 11 is 6.00. The molecule has 0 saturated heterocycles. The fraction of sp³-hybridized carbons (Fsp3) is 0.310. The van der Waals surface area contributed by atoms with Gasteiger partial charge in [0.05, 0.1) is 17.7 Å². The van der Waals surface area contributed by atoms with Gasteiger partial charge < -0.3 is 15.0 Å². The van der Waals surface area contributed by atoms with Crippen molar-refractivity contribution in [1.82, 2.24) is 10.2 Å². The molecule has 0 fully saturated rings. The van der Waals surface area contributed by atoms with Gasteiger partial charge in [0.1, 0.15) is 18.3 Å². The van der Waals surface area contributed by atoms with Crippen molar-refractivity contribution in [1.29, 1.82) is 0 Å². The summed E-state index contributed by atoms with van der Waals surface area (Å²) in [6, 6.07) is 17.3. The maximum absolute atomic E-state index is 13.9. The van der Waals surface area contributed by atoms with Gasteiger partial charge in [-0.2, -0.15) is 0 Å². The van der Waals surface area contributed by atoms with Gasteiger partial charge in [-0.25, -0.2) is 8.42 Å². The lowest BCUT2D eigenvalue weighted by Crippen LogP contribution is -2.51. The van der Waals surface area contributed by atoms with Crippen LogP contribution in [-0.4, -0.2) is 51.4 Å². The summed E-state index contributed by atoms with van der Waals surface area (Å²) in [7, 11) is -2.62. The molecule has 0 radical (unpaired) electrons. The lowest BCUT2D eigenvalue weighted by molar-refractivity contribution is -0.139. The van der Waals surface area contributed by atoms with Crippen molar-refractivity contribution >= 4 is 39.1 Å². The summed E-state index contributed by atoms with van der Waals surface area (Å²) in [5.74, 6) is -0.271.